The van der Waals surface area contributed by atoms with E-state index in [1.165, 1.54) is 0 Å². The van der Waals surface area contributed by atoms with Gasteiger partial charge in [-0.1, -0.05) is 20.3 Å². The normalized spacial score (nSPS) is 11.9. The third-order valence-corrected chi connectivity index (χ3v) is 2.81. The maximum absolute atomic E-state index is 11.5. The second-order valence-corrected chi connectivity index (χ2v) is 4.54. The quantitative estimate of drug-likeness (QED) is 0.778. The average molecular weight is 249 g/mol. The standard InChI is InChI=1S/C14H23N3O/c1-4-6-7-14(18)17-13-9-8-12(10-15-13)16-11(3)5-2/h8-11,16H,4-7H2,1-3H3,(H,15,17,18). The topological polar surface area (TPSA) is 54.0 Å². The molecule has 0 aliphatic carbocycles. The van der Waals surface area contributed by atoms with Gasteiger partial charge in [-0.25, -0.2) is 4.98 Å². The highest BCUT2D eigenvalue weighted by Crippen LogP contribution is 2.12. The maximum Gasteiger partial charge on any atom is 0.225 e. The molecular formula is C14H23N3O. The molecule has 1 aromatic heterocycles. The lowest BCUT2D eigenvalue weighted by Gasteiger charge is -2.12. The SMILES string of the molecule is CCCCC(=O)Nc1ccc(NC(C)CC)cn1. The fraction of sp³-hybridized carbons (Fsp3) is 0.571. The summed E-state index contributed by atoms with van der Waals surface area (Å²) < 4.78 is 0. The zero-order chi connectivity index (χ0) is 13.4. The molecule has 0 aliphatic heterocycles. The van der Waals surface area contributed by atoms with Crippen molar-refractivity contribution in [2.24, 2.45) is 0 Å². The minimum atomic E-state index is 0.0342. The fourth-order valence-electron chi connectivity index (χ4n) is 1.48. The zero-order valence-corrected chi connectivity index (χ0v) is 11.5. The molecule has 0 radical (unpaired) electrons. The zero-order valence-electron chi connectivity index (χ0n) is 11.5. The first-order valence-electron chi connectivity index (χ1n) is 6.68. The fourth-order valence-corrected chi connectivity index (χ4v) is 1.48. The summed E-state index contributed by atoms with van der Waals surface area (Å²) in [6, 6.07) is 4.19. The third kappa shape index (κ3) is 5.17. The van der Waals surface area contributed by atoms with Crippen LogP contribution in [0.3, 0.4) is 0 Å². The number of rotatable bonds is 7. The summed E-state index contributed by atoms with van der Waals surface area (Å²) >= 11 is 0. The number of unbranched alkanes of at least 4 members (excludes halogenated alkanes) is 1. The highest BCUT2D eigenvalue weighted by Gasteiger charge is 2.03. The summed E-state index contributed by atoms with van der Waals surface area (Å²) in [6.45, 7) is 6.33. The number of carbonyl (C=O) groups is 1. The van der Waals surface area contributed by atoms with Gasteiger partial charge in [-0.15, -0.1) is 0 Å². The van der Waals surface area contributed by atoms with Crippen molar-refractivity contribution in [3.63, 3.8) is 0 Å². The highest BCUT2D eigenvalue weighted by molar-refractivity contribution is 5.89. The number of pyridine rings is 1. The Morgan fingerprint density at radius 2 is 2.17 bits per heavy atom. The van der Waals surface area contributed by atoms with Gasteiger partial charge in [0.2, 0.25) is 5.91 Å². The maximum atomic E-state index is 11.5. The molecule has 1 heterocycles. The molecule has 4 nitrogen and oxygen atoms in total. The van der Waals surface area contributed by atoms with Crippen LogP contribution in [0, 0.1) is 0 Å². The van der Waals surface area contributed by atoms with Gasteiger partial charge in [0.05, 0.1) is 11.9 Å². The molecule has 1 aromatic rings. The van der Waals surface area contributed by atoms with Gasteiger partial charge in [-0.2, -0.15) is 0 Å². The number of nitrogens with one attached hydrogen (secondary N) is 2. The highest BCUT2D eigenvalue weighted by atomic mass is 16.1. The first kappa shape index (κ1) is 14.5. The average Bonchev–Trinajstić information content (AvgIpc) is 2.38. The first-order chi connectivity index (χ1) is 8.65. The van der Waals surface area contributed by atoms with Crippen molar-refractivity contribution in [3.8, 4) is 0 Å². The molecule has 18 heavy (non-hydrogen) atoms. The number of aromatic nitrogens is 1. The lowest BCUT2D eigenvalue weighted by atomic mass is 10.2. The van der Waals surface area contributed by atoms with Crippen LogP contribution in [0.4, 0.5) is 11.5 Å². The molecule has 2 N–H and O–H groups in total. The van der Waals surface area contributed by atoms with Gasteiger partial charge in [0.15, 0.2) is 0 Å². The number of amides is 1. The molecule has 4 heteroatoms. The molecule has 1 unspecified atom stereocenters. The molecular weight excluding hydrogens is 226 g/mol. The van der Waals surface area contributed by atoms with Crippen LogP contribution >= 0.6 is 0 Å². The van der Waals surface area contributed by atoms with Crippen molar-refractivity contribution in [1.29, 1.82) is 0 Å². The number of anilines is 2. The van der Waals surface area contributed by atoms with Crippen LogP contribution in [-0.4, -0.2) is 16.9 Å². The number of hydrogen-bond acceptors (Lipinski definition) is 3. The second-order valence-electron chi connectivity index (χ2n) is 4.54. The largest absolute Gasteiger partial charge is 0.381 e. The van der Waals surface area contributed by atoms with Crippen LogP contribution in [-0.2, 0) is 4.79 Å². The minimum Gasteiger partial charge on any atom is -0.381 e. The molecule has 0 aliphatic rings. The van der Waals surface area contributed by atoms with E-state index in [9.17, 15) is 4.79 Å². The van der Waals surface area contributed by atoms with Gasteiger partial charge in [-0.3, -0.25) is 4.79 Å². The molecule has 0 aromatic carbocycles. The Morgan fingerprint density at radius 1 is 1.39 bits per heavy atom. The van der Waals surface area contributed by atoms with Gasteiger partial charge in [0.25, 0.3) is 0 Å². The van der Waals surface area contributed by atoms with Crippen LogP contribution in [0.1, 0.15) is 46.5 Å². The molecule has 1 atom stereocenters. The molecule has 1 rings (SSSR count). The summed E-state index contributed by atoms with van der Waals surface area (Å²) in [5.74, 6) is 0.651. The van der Waals surface area contributed by atoms with Gasteiger partial charge < -0.3 is 10.6 Å². The van der Waals surface area contributed by atoms with E-state index in [0.717, 1.165) is 24.9 Å². The lowest BCUT2D eigenvalue weighted by Crippen LogP contribution is -2.14. The molecule has 0 saturated carbocycles. The van der Waals surface area contributed by atoms with Gasteiger partial charge in [0, 0.05) is 12.5 Å². The predicted molar refractivity (Wildman–Crippen MR) is 75.8 cm³/mol. The van der Waals surface area contributed by atoms with E-state index in [-0.39, 0.29) is 5.91 Å². The van der Waals surface area contributed by atoms with E-state index in [4.69, 9.17) is 0 Å². The Balaban J connectivity index is 2.47. The van der Waals surface area contributed by atoms with E-state index < -0.39 is 0 Å². The van der Waals surface area contributed by atoms with Gasteiger partial charge in [0.1, 0.15) is 5.82 Å². The van der Waals surface area contributed by atoms with Crippen LogP contribution in [0.2, 0.25) is 0 Å². The van der Waals surface area contributed by atoms with E-state index in [1.807, 2.05) is 12.1 Å². The van der Waals surface area contributed by atoms with Gasteiger partial charge >= 0.3 is 0 Å². The van der Waals surface area contributed by atoms with Crippen molar-refractivity contribution in [3.05, 3.63) is 18.3 Å². The number of carbonyl (C=O) groups excluding carboxylic acids is 1. The summed E-state index contributed by atoms with van der Waals surface area (Å²) in [7, 11) is 0. The Morgan fingerprint density at radius 3 is 2.72 bits per heavy atom. The van der Waals surface area contributed by atoms with Crippen molar-refractivity contribution < 1.29 is 4.79 Å². The van der Waals surface area contributed by atoms with Crippen LogP contribution in [0.15, 0.2) is 18.3 Å². The molecule has 100 valence electrons. The molecule has 0 spiro atoms. The van der Waals surface area contributed by atoms with Crippen LogP contribution < -0.4 is 10.6 Å². The number of hydrogen-bond donors (Lipinski definition) is 2. The van der Waals surface area contributed by atoms with E-state index in [2.05, 4.69) is 36.4 Å². The Labute approximate surface area is 109 Å². The summed E-state index contributed by atoms with van der Waals surface area (Å²) in [5.41, 5.74) is 0.982. The van der Waals surface area contributed by atoms with Crippen molar-refractivity contribution >= 4 is 17.4 Å². The number of nitrogens with zero attached hydrogens (tertiary/aromatic N) is 1. The molecule has 0 bridgehead atoms. The third-order valence-electron chi connectivity index (χ3n) is 2.81. The Kier molecular flexibility index (Phi) is 6.19. The molecule has 0 fully saturated rings. The Hall–Kier alpha value is -1.58. The van der Waals surface area contributed by atoms with E-state index >= 15 is 0 Å². The predicted octanol–water partition coefficient (Wildman–Crippen LogP) is 3.42. The summed E-state index contributed by atoms with van der Waals surface area (Å²) in [4.78, 5) is 15.7. The first-order valence-corrected chi connectivity index (χ1v) is 6.68. The van der Waals surface area contributed by atoms with Crippen LogP contribution in [0.25, 0.3) is 0 Å². The van der Waals surface area contributed by atoms with Crippen molar-refractivity contribution in [2.45, 2.75) is 52.5 Å². The lowest BCUT2D eigenvalue weighted by molar-refractivity contribution is -0.116. The van der Waals surface area contributed by atoms with Gasteiger partial charge in [-0.05, 0) is 31.9 Å². The van der Waals surface area contributed by atoms with Crippen molar-refractivity contribution in [2.75, 3.05) is 10.6 Å². The minimum absolute atomic E-state index is 0.0342. The smallest absolute Gasteiger partial charge is 0.225 e. The Bertz CT molecular complexity index is 362. The molecule has 1 amide bonds. The van der Waals surface area contributed by atoms with E-state index in [1.54, 1.807) is 6.20 Å². The van der Waals surface area contributed by atoms with E-state index in [0.29, 0.717) is 18.3 Å². The molecule has 0 saturated heterocycles. The summed E-state index contributed by atoms with van der Waals surface area (Å²) in [6.07, 6.45) is 5.32. The van der Waals surface area contributed by atoms with Crippen LogP contribution in [0.5, 0.6) is 0 Å². The second kappa shape index (κ2) is 7.69. The monoisotopic (exact) mass is 249 g/mol. The summed E-state index contributed by atoms with van der Waals surface area (Å²) in [5, 5.41) is 6.12. The van der Waals surface area contributed by atoms with Crippen molar-refractivity contribution in [1.82, 2.24) is 4.98 Å².